The van der Waals surface area contributed by atoms with Gasteiger partial charge in [0.15, 0.2) is 0 Å². The number of aliphatic hydroxyl groups excluding tert-OH is 1. The highest BCUT2D eigenvalue weighted by Crippen LogP contribution is 2.10. The summed E-state index contributed by atoms with van der Waals surface area (Å²) in [5, 5.41) is 9.22. The average molecular weight is 154 g/mol. The SMILES string of the molecule is CC(C)=CC(C)=C(C)C(C)O. The normalized spacial score (nSPS) is 15.5. The van der Waals surface area contributed by atoms with Gasteiger partial charge < -0.3 is 5.11 Å². The molecule has 0 aromatic carbocycles. The molecule has 0 aromatic rings. The fourth-order valence-corrected chi connectivity index (χ4v) is 0.876. The van der Waals surface area contributed by atoms with Crippen LogP contribution in [0.15, 0.2) is 22.8 Å². The summed E-state index contributed by atoms with van der Waals surface area (Å²) in [6, 6.07) is 0. The van der Waals surface area contributed by atoms with Gasteiger partial charge in [0.2, 0.25) is 0 Å². The molecule has 0 spiro atoms. The Morgan fingerprint density at radius 2 is 1.64 bits per heavy atom. The molecule has 0 amide bonds. The Kier molecular flexibility index (Phi) is 4.12. The monoisotopic (exact) mass is 154 g/mol. The van der Waals surface area contributed by atoms with Crippen LogP contribution in [0.25, 0.3) is 0 Å². The van der Waals surface area contributed by atoms with E-state index in [2.05, 4.69) is 19.9 Å². The zero-order valence-electron chi connectivity index (χ0n) is 8.10. The van der Waals surface area contributed by atoms with Crippen LogP contribution in [0.3, 0.4) is 0 Å². The summed E-state index contributed by atoms with van der Waals surface area (Å²) in [5.41, 5.74) is 3.48. The summed E-state index contributed by atoms with van der Waals surface area (Å²) in [4.78, 5) is 0. The van der Waals surface area contributed by atoms with Crippen LogP contribution in [0.4, 0.5) is 0 Å². The number of aliphatic hydroxyl groups is 1. The predicted molar refractivity (Wildman–Crippen MR) is 49.5 cm³/mol. The molecule has 0 heterocycles. The van der Waals surface area contributed by atoms with Crippen LogP contribution in [0.5, 0.6) is 0 Å². The van der Waals surface area contributed by atoms with Crippen LogP contribution in [0, 0.1) is 0 Å². The highest BCUT2D eigenvalue weighted by molar-refractivity contribution is 5.26. The first kappa shape index (κ1) is 10.4. The third-order valence-electron chi connectivity index (χ3n) is 1.75. The van der Waals surface area contributed by atoms with E-state index in [1.807, 2.05) is 13.8 Å². The van der Waals surface area contributed by atoms with Crippen molar-refractivity contribution in [1.82, 2.24) is 0 Å². The molecule has 64 valence electrons. The highest BCUT2D eigenvalue weighted by atomic mass is 16.3. The van der Waals surface area contributed by atoms with Crippen molar-refractivity contribution in [3.8, 4) is 0 Å². The zero-order chi connectivity index (χ0) is 9.02. The van der Waals surface area contributed by atoms with E-state index in [-0.39, 0.29) is 6.10 Å². The summed E-state index contributed by atoms with van der Waals surface area (Å²) >= 11 is 0. The van der Waals surface area contributed by atoms with Crippen molar-refractivity contribution in [2.75, 3.05) is 0 Å². The molecule has 0 aliphatic rings. The van der Waals surface area contributed by atoms with Crippen LogP contribution in [0.2, 0.25) is 0 Å². The van der Waals surface area contributed by atoms with Crippen LogP contribution in [-0.4, -0.2) is 11.2 Å². The topological polar surface area (TPSA) is 20.2 Å². The number of allylic oxidation sites excluding steroid dienone is 3. The molecule has 0 aliphatic carbocycles. The minimum Gasteiger partial charge on any atom is -0.389 e. The van der Waals surface area contributed by atoms with Crippen molar-refractivity contribution in [3.05, 3.63) is 22.8 Å². The van der Waals surface area contributed by atoms with E-state index in [4.69, 9.17) is 0 Å². The minimum atomic E-state index is -0.328. The van der Waals surface area contributed by atoms with Crippen molar-refractivity contribution in [2.45, 2.75) is 40.7 Å². The van der Waals surface area contributed by atoms with Gasteiger partial charge in [0, 0.05) is 0 Å². The Bertz CT molecular complexity index is 181. The van der Waals surface area contributed by atoms with Crippen LogP contribution < -0.4 is 0 Å². The smallest absolute Gasteiger partial charge is 0.0724 e. The molecule has 0 rings (SSSR count). The maximum atomic E-state index is 9.22. The first-order chi connectivity index (χ1) is 4.95. The lowest BCUT2D eigenvalue weighted by Gasteiger charge is -2.07. The van der Waals surface area contributed by atoms with Crippen molar-refractivity contribution in [1.29, 1.82) is 0 Å². The lowest BCUT2D eigenvalue weighted by molar-refractivity contribution is 0.230. The minimum absolute atomic E-state index is 0.328. The summed E-state index contributed by atoms with van der Waals surface area (Å²) in [6.45, 7) is 9.88. The van der Waals surface area contributed by atoms with Gasteiger partial charge in [-0.05, 0) is 45.8 Å². The third-order valence-corrected chi connectivity index (χ3v) is 1.75. The summed E-state index contributed by atoms with van der Waals surface area (Å²) in [5.74, 6) is 0. The summed E-state index contributed by atoms with van der Waals surface area (Å²) in [7, 11) is 0. The zero-order valence-corrected chi connectivity index (χ0v) is 8.10. The van der Waals surface area contributed by atoms with Gasteiger partial charge in [0.25, 0.3) is 0 Å². The Morgan fingerprint density at radius 3 is 1.91 bits per heavy atom. The largest absolute Gasteiger partial charge is 0.389 e. The lowest BCUT2D eigenvalue weighted by Crippen LogP contribution is -2.02. The van der Waals surface area contributed by atoms with Crippen molar-refractivity contribution in [3.63, 3.8) is 0 Å². The maximum absolute atomic E-state index is 9.22. The van der Waals surface area contributed by atoms with Crippen molar-refractivity contribution >= 4 is 0 Å². The Morgan fingerprint density at radius 1 is 1.18 bits per heavy atom. The number of hydrogen-bond acceptors (Lipinski definition) is 1. The fourth-order valence-electron chi connectivity index (χ4n) is 0.876. The predicted octanol–water partition coefficient (Wildman–Crippen LogP) is 2.67. The second-order valence-corrected chi connectivity index (χ2v) is 3.26. The van der Waals surface area contributed by atoms with Crippen LogP contribution in [0.1, 0.15) is 34.6 Å². The summed E-state index contributed by atoms with van der Waals surface area (Å²) in [6.07, 6.45) is 1.76. The molecule has 1 atom stereocenters. The first-order valence-corrected chi connectivity index (χ1v) is 3.95. The molecule has 0 saturated heterocycles. The molecular weight excluding hydrogens is 136 g/mol. The van der Waals surface area contributed by atoms with E-state index in [0.717, 1.165) is 5.57 Å². The number of hydrogen-bond donors (Lipinski definition) is 1. The molecule has 0 aromatic heterocycles. The molecule has 0 saturated carbocycles. The van der Waals surface area contributed by atoms with Crippen molar-refractivity contribution < 1.29 is 5.11 Å². The van der Waals surface area contributed by atoms with Gasteiger partial charge in [0.05, 0.1) is 6.10 Å². The van der Waals surface area contributed by atoms with Gasteiger partial charge in [0.1, 0.15) is 0 Å². The Hall–Kier alpha value is -0.560. The maximum Gasteiger partial charge on any atom is 0.0724 e. The molecule has 1 nitrogen and oxygen atoms in total. The third kappa shape index (κ3) is 3.99. The molecule has 1 N–H and O–H groups in total. The van der Waals surface area contributed by atoms with Gasteiger partial charge in [-0.15, -0.1) is 0 Å². The van der Waals surface area contributed by atoms with E-state index in [9.17, 15) is 5.11 Å². The van der Waals surface area contributed by atoms with Crippen molar-refractivity contribution in [2.24, 2.45) is 0 Å². The molecule has 1 heteroatoms. The van der Waals surface area contributed by atoms with Gasteiger partial charge in [-0.1, -0.05) is 11.6 Å². The number of rotatable bonds is 2. The summed E-state index contributed by atoms with van der Waals surface area (Å²) < 4.78 is 0. The van der Waals surface area contributed by atoms with E-state index in [0.29, 0.717) is 0 Å². The van der Waals surface area contributed by atoms with E-state index in [1.54, 1.807) is 6.92 Å². The fraction of sp³-hybridized carbons (Fsp3) is 0.600. The molecule has 0 radical (unpaired) electrons. The van der Waals surface area contributed by atoms with Crippen LogP contribution >= 0.6 is 0 Å². The Balaban J connectivity index is 4.54. The highest BCUT2D eigenvalue weighted by Gasteiger charge is 2.00. The Labute approximate surface area is 69.4 Å². The second kappa shape index (κ2) is 4.35. The van der Waals surface area contributed by atoms with Crippen LogP contribution in [-0.2, 0) is 0 Å². The van der Waals surface area contributed by atoms with Gasteiger partial charge in [-0.2, -0.15) is 0 Å². The molecule has 0 aliphatic heterocycles. The van der Waals surface area contributed by atoms with Gasteiger partial charge in [-0.3, -0.25) is 0 Å². The van der Waals surface area contributed by atoms with E-state index in [1.165, 1.54) is 11.1 Å². The van der Waals surface area contributed by atoms with Gasteiger partial charge in [-0.25, -0.2) is 0 Å². The molecule has 0 fully saturated rings. The first-order valence-electron chi connectivity index (χ1n) is 3.95. The lowest BCUT2D eigenvalue weighted by atomic mass is 10.1. The van der Waals surface area contributed by atoms with Gasteiger partial charge >= 0.3 is 0 Å². The van der Waals surface area contributed by atoms with E-state index >= 15 is 0 Å². The van der Waals surface area contributed by atoms with E-state index < -0.39 is 0 Å². The average Bonchev–Trinajstić information content (AvgIpc) is 1.84. The molecule has 0 bridgehead atoms. The second-order valence-electron chi connectivity index (χ2n) is 3.26. The standard InChI is InChI=1S/C10H18O/c1-7(2)6-8(3)9(4)10(5)11/h6,10-11H,1-5H3. The molecule has 11 heavy (non-hydrogen) atoms. The molecule has 1 unspecified atom stereocenters. The molecular formula is C10H18O. The quantitative estimate of drug-likeness (QED) is 0.606.